The Balaban J connectivity index is 1.61. The predicted octanol–water partition coefficient (Wildman–Crippen LogP) is 3.97. The van der Waals surface area contributed by atoms with Crippen LogP contribution in [0.25, 0.3) is 17.2 Å². The van der Waals surface area contributed by atoms with E-state index in [9.17, 15) is 4.79 Å². The van der Waals surface area contributed by atoms with Crippen molar-refractivity contribution in [2.45, 2.75) is 31.8 Å². The van der Waals surface area contributed by atoms with E-state index in [4.69, 9.17) is 0 Å². The maximum absolute atomic E-state index is 11.6. The number of carbonyl (C=O) groups is 1. The summed E-state index contributed by atoms with van der Waals surface area (Å²) in [7, 11) is 2.12. The molecule has 0 bridgehead atoms. The van der Waals surface area contributed by atoms with Crippen LogP contribution in [0, 0.1) is 0 Å². The van der Waals surface area contributed by atoms with Crippen LogP contribution in [-0.4, -0.2) is 36.5 Å². The molecule has 0 radical (unpaired) electrons. The van der Waals surface area contributed by atoms with Gasteiger partial charge in [-0.3, -0.25) is 9.69 Å². The van der Waals surface area contributed by atoms with Crippen LogP contribution in [0.5, 0.6) is 0 Å². The second-order valence-corrected chi connectivity index (χ2v) is 6.71. The number of hydrogen-bond acceptors (Lipinski definition) is 2. The van der Waals surface area contributed by atoms with Gasteiger partial charge in [-0.15, -0.1) is 0 Å². The van der Waals surface area contributed by atoms with Gasteiger partial charge >= 0.3 is 0 Å². The lowest BCUT2D eigenvalue weighted by Crippen LogP contribution is -2.35. The molecule has 0 saturated carbocycles. The summed E-state index contributed by atoms with van der Waals surface area (Å²) in [5, 5.41) is 3.10. The summed E-state index contributed by atoms with van der Waals surface area (Å²) < 4.78 is 0. The van der Waals surface area contributed by atoms with Crippen molar-refractivity contribution in [2.24, 2.45) is 0 Å². The monoisotopic (exact) mass is 334 g/mol. The van der Waals surface area contributed by atoms with Gasteiger partial charge in [0.1, 0.15) is 0 Å². The maximum Gasteiger partial charge on any atom is 0.219 e. The molecule has 1 N–H and O–H groups in total. The first-order valence-electron chi connectivity index (χ1n) is 8.99. The quantitative estimate of drug-likeness (QED) is 0.897. The molecule has 25 heavy (non-hydrogen) atoms. The van der Waals surface area contributed by atoms with Crippen LogP contribution in [0.1, 0.15) is 25.3 Å². The van der Waals surface area contributed by atoms with Crippen molar-refractivity contribution >= 4 is 12.0 Å². The number of hydrogen-bond donors (Lipinski definition) is 1. The van der Waals surface area contributed by atoms with Crippen LogP contribution in [-0.2, 0) is 4.79 Å². The third kappa shape index (κ3) is 4.58. The van der Waals surface area contributed by atoms with Gasteiger partial charge < -0.3 is 5.32 Å². The Kier molecular flexibility index (Phi) is 5.67. The molecule has 130 valence electrons. The summed E-state index contributed by atoms with van der Waals surface area (Å²) in [6.45, 7) is 2.80. The molecule has 2 aromatic rings. The van der Waals surface area contributed by atoms with Gasteiger partial charge in [0.15, 0.2) is 0 Å². The van der Waals surface area contributed by atoms with Crippen LogP contribution < -0.4 is 5.32 Å². The third-order valence-electron chi connectivity index (χ3n) is 4.82. The van der Waals surface area contributed by atoms with Gasteiger partial charge in [0.2, 0.25) is 5.91 Å². The van der Waals surface area contributed by atoms with E-state index < -0.39 is 0 Å². The molecule has 1 heterocycles. The number of carbonyl (C=O) groups excluding carboxylic acids is 1. The van der Waals surface area contributed by atoms with Gasteiger partial charge in [-0.05, 0) is 30.2 Å². The smallest absolute Gasteiger partial charge is 0.219 e. The predicted molar refractivity (Wildman–Crippen MR) is 104 cm³/mol. The fourth-order valence-electron chi connectivity index (χ4n) is 3.33. The van der Waals surface area contributed by atoms with Crippen molar-refractivity contribution in [3.05, 3.63) is 66.2 Å². The van der Waals surface area contributed by atoms with Crippen molar-refractivity contribution in [2.75, 3.05) is 13.6 Å². The number of likely N-dealkylation sites (tertiary alicyclic amines) is 1. The second-order valence-electron chi connectivity index (χ2n) is 6.71. The topological polar surface area (TPSA) is 32.3 Å². The first-order valence-corrected chi connectivity index (χ1v) is 8.99. The first-order chi connectivity index (χ1) is 12.2. The molecular weight excluding hydrogens is 308 g/mol. The number of amides is 1. The number of likely N-dealkylation sites (N-methyl/N-ethyl adjacent to an activating group) is 1. The lowest BCUT2D eigenvalue weighted by Gasteiger charge is -2.14. The van der Waals surface area contributed by atoms with Crippen LogP contribution in [0.2, 0.25) is 0 Å². The Bertz CT molecular complexity index is 721. The van der Waals surface area contributed by atoms with E-state index in [0.717, 1.165) is 13.0 Å². The van der Waals surface area contributed by atoms with Crippen molar-refractivity contribution in [1.29, 1.82) is 0 Å². The minimum Gasteiger partial charge on any atom is -0.352 e. The average molecular weight is 334 g/mol. The van der Waals surface area contributed by atoms with Gasteiger partial charge in [-0.1, -0.05) is 73.7 Å². The van der Waals surface area contributed by atoms with Crippen molar-refractivity contribution in [1.82, 2.24) is 10.2 Å². The Hall–Kier alpha value is -2.39. The van der Waals surface area contributed by atoms with Gasteiger partial charge in [-0.25, -0.2) is 0 Å². The minimum absolute atomic E-state index is 0.138. The lowest BCUT2D eigenvalue weighted by atomic mass is 10.0. The number of benzene rings is 2. The molecular formula is C22H26N2O. The van der Waals surface area contributed by atoms with Crippen LogP contribution in [0.4, 0.5) is 0 Å². The first kappa shape index (κ1) is 17.4. The molecule has 2 atom stereocenters. The second kappa shape index (κ2) is 8.13. The Labute approximate surface area is 150 Å². The molecule has 1 aliphatic rings. The summed E-state index contributed by atoms with van der Waals surface area (Å²) in [5.74, 6) is 0.138. The lowest BCUT2D eigenvalue weighted by molar-refractivity contribution is -0.121. The van der Waals surface area contributed by atoms with Gasteiger partial charge in [0.05, 0.1) is 0 Å². The zero-order chi connectivity index (χ0) is 17.6. The standard InChI is InChI=1S/C22H26N2O/c1-3-22(25)23-20-15-21(24(2)16-20)14-11-17-9-12-19(13-10-17)18-7-5-4-6-8-18/h4-14,20-21H,3,15-16H2,1-2H3,(H,23,25)/b14-11+/t20-,21-/m1/s1. The van der Waals surface area contributed by atoms with Gasteiger partial charge in [0.25, 0.3) is 0 Å². The van der Waals surface area contributed by atoms with Crippen molar-refractivity contribution in [3.8, 4) is 11.1 Å². The number of rotatable bonds is 5. The molecule has 3 rings (SSSR count). The SMILES string of the molecule is CCC(=O)N[C@@H]1C[C@@H](/C=C/c2ccc(-c3ccccc3)cc2)N(C)C1. The van der Waals surface area contributed by atoms with Gasteiger partial charge in [0, 0.05) is 25.0 Å². The molecule has 3 nitrogen and oxygen atoms in total. The average Bonchev–Trinajstić information content (AvgIpc) is 3.00. The highest BCUT2D eigenvalue weighted by Crippen LogP contribution is 2.21. The highest BCUT2D eigenvalue weighted by Gasteiger charge is 2.28. The van der Waals surface area contributed by atoms with Crippen molar-refractivity contribution < 1.29 is 4.79 Å². The molecule has 1 aliphatic heterocycles. The third-order valence-corrected chi connectivity index (χ3v) is 4.82. The molecule has 1 fully saturated rings. The zero-order valence-corrected chi connectivity index (χ0v) is 15.0. The summed E-state index contributed by atoms with van der Waals surface area (Å²) in [6, 6.07) is 19.7. The van der Waals surface area contributed by atoms with Gasteiger partial charge in [-0.2, -0.15) is 0 Å². The molecule has 0 aliphatic carbocycles. The summed E-state index contributed by atoms with van der Waals surface area (Å²) in [6.07, 6.45) is 5.95. The summed E-state index contributed by atoms with van der Waals surface area (Å²) in [5.41, 5.74) is 3.68. The molecule has 3 heteroatoms. The van der Waals surface area contributed by atoms with E-state index in [2.05, 4.69) is 77.9 Å². The Morgan fingerprint density at radius 3 is 2.48 bits per heavy atom. The van der Waals surface area contributed by atoms with Crippen LogP contribution in [0.15, 0.2) is 60.7 Å². The van der Waals surface area contributed by atoms with E-state index in [1.165, 1.54) is 16.7 Å². The largest absolute Gasteiger partial charge is 0.352 e. The molecule has 1 amide bonds. The molecule has 0 aromatic heterocycles. The minimum atomic E-state index is 0.138. The van der Waals surface area contributed by atoms with E-state index in [-0.39, 0.29) is 11.9 Å². The Morgan fingerprint density at radius 1 is 1.12 bits per heavy atom. The number of nitrogens with one attached hydrogen (secondary N) is 1. The zero-order valence-electron chi connectivity index (χ0n) is 15.0. The molecule has 0 spiro atoms. The summed E-state index contributed by atoms with van der Waals surface area (Å²) >= 11 is 0. The molecule has 2 aromatic carbocycles. The van der Waals surface area contributed by atoms with Crippen molar-refractivity contribution in [3.63, 3.8) is 0 Å². The van der Waals surface area contributed by atoms with E-state index >= 15 is 0 Å². The molecule has 1 saturated heterocycles. The van der Waals surface area contributed by atoms with Crippen LogP contribution >= 0.6 is 0 Å². The highest BCUT2D eigenvalue weighted by atomic mass is 16.1. The number of nitrogens with zero attached hydrogens (tertiary/aromatic N) is 1. The molecule has 0 unspecified atom stereocenters. The normalized spacial score (nSPS) is 20.9. The maximum atomic E-state index is 11.6. The fourth-order valence-corrected chi connectivity index (χ4v) is 3.33. The summed E-state index contributed by atoms with van der Waals surface area (Å²) in [4.78, 5) is 13.9. The van der Waals surface area contributed by atoms with E-state index in [1.54, 1.807) is 0 Å². The van der Waals surface area contributed by atoms with E-state index in [0.29, 0.717) is 12.5 Å². The fraction of sp³-hybridized carbons (Fsp3) is 0.318. The Morgan fingerprint density at radius 2 is 1.80 bits per heavy atom. The van der Waals surface area contributed by atoms with E-state index in [1.807, 2.05) is 13.0 Å². The highest BCUT2D eigenvalue weighted by molar-refractivity contribution is 5.75. The van der Waals surface area contributed by atoms with Crippen LogP contribution in [0.3, 0.4) is 0 Å².